The van der Waals surface area contributed by atoms with Crippen molar-refractivity contribution in [2.45, 2.75) is 0 Å². The molecule has 0 unspecified atom stereocenters. The van der Waals surface area contributed by atoms with Gasteiger partial charge >= 0.3 is 0 Å². The molecule has 0 aliphatic carbocycles. The van der Waals surface area contributed by atoms with Crippen LogP contribution in [0.5, 0.6) is 0 Å². The molecule has 0 fully saturated rings. The average Bonchev–Trinajstić information content (AvgIpc) is 2.91. The molecule has 2 heteroatoms. The van der Waals surface area contributed by atoms with Crippen molar-refractivity contribution in [3.63, 3.8) is 0 Å². The fourth-order valence-electron chi connectivity index (χ4n) is 2.84. The van der Waals surface area contributed by atoms with Crippen LogP contribution in [-0.4, -0.2) is 10.7 Å². The Balaban J connectivity index is 2.12. The molecule has 0 amide bonds. The number of carbonyl (C=O) groups excluding carboxylic acids is 1. The van der Waals surface area contributed by atoms with Gasteiger partial charge in [0, 0.05) is 11.8 Å². The molecule has 2 aromatic carbocycles. The summed E-state index contributed by atoms with van der Waals surface area (Å²) in [4.78, 5) is 11.4. The quantitative estimate of drug-likeness (QED) is 0.489. The van der Waals surface area contributed by atoms with Crippen LogP contribution in [0.25, 0.3) is 27.4 Å². The molecule has 0 saturated carbocycles. The maximum atomic E-state index is 11.4. The lowest BCUT2D eigenvalue weighted by Gasteiger charge is -2.04. The third-order valence-electron chi connectivity index (χ3n) is 3.87. The Morgan fingerprint density at radius 1 is 0.810 bits per heavy atom. The molecule has 0 aliphatic rings. The standard InChI is InChI=1S/C19H13NO/c21-13-17-11-18(14-6-2-1-3-7-14)19-10-15-8-4-5-9-16(15)12-20(17)19/h1-13H. The Morgan fingerprint density at radius 2 is 1.52 bits per heavy atom. The monoisotopic (exact) mass is 271 g/mol. The Hall–Kier alpha value is -2.87. The second-order valence-electron chi connectivity index (χ2n) is 5.12. The van der Waals surface area contributed by atoms with Crippen LogP contribution in [0.4, 0.5) is 0 Å². The molecule has 2 nitrogen and oxygen atoms in total. The van der Waals surface area contributed by atoms with E-state index in [0.717, 1.165) is 28.3 Å². The number of nitrogens with zero attached hydrogens (tertiary/aromatic N) is 1. The molecule has 0 aliphatic heterocycles. The van der Waals surface area contributed by atoms with Crippen molar-refractivity contribution in [2.24, 2.45) is 0 Å². The van der Waals surface area contributed by atoms with Crippen LogP contribution >= 0.6 is 0 Å². The number of aromatic nitrogens is 1. The van der Waals surface area contributed by atoms with Crippen LogP contribution in [0.2, 0.25) is 0 Å². The molecule has 2 aromatic heterocycles. The van der Waals surface area contributed by atoms with Gasteiger partial charge in [0.05, 0.1) is 11.2 Å². The van der Waals surface area contributed by atoms with Crippen molar-refractivity contribution >= 4 is 22.6 Å². The van der Waals surface area contributed by atoms with Gasteiger partial charge in [0.1, 0.15) is 0 Å². The summed E-state index contributed by atoms with van der Waals surface area (Å²) >= 11 is 0. The minimum atomic E-state index is 0.676. The highest BCUT2D eigenvalue weighted by Gasteiger charge is 2.11. The van der Waals surface area contributed by atoms with Crippen LogP contribution in [-0.2, 0) is 0 Å². The topological polar surface area (TPSA) is 21.5 Å². The molecule has 0 radical (unpaired) electrons. The molecule has 0 atom stereocenters. The number of hydrogen-bond acceptors (Lipinski definition) is 1. The van der Waals surface area contributed by atoms with Crippen LogP contribution in [0.3, 0.4) is 0 Å². The number of rotatable bonds is 2. The number of benzene rings is 2. The summed E-state index contributed by atoms with van der Waals surface area (Å²) < 4.78 is 1.97. The van der Waals surface area contributed by atoms with Crippen LogP contribution in [0, 0.1) is 0 Å². The van der Waals surface area contributed by atoms with Gasteiger partial charge in [-0.15, -0.1) is 0 Å². The molecule has 0 spiro atoms. The smallest absolute Gasteiger partial charge is 0.166 e. The minimum Gasteiger partial charge on any atom is -0.313 e. The fourth-order valence-corrected chi connectivity index (χ4v) is 2.84. The van der Waals surface area contributed by atoms with E-state index in [-0.39, 0.29) is 0 Å². The number of carbonyl (C=O) groups is 1. The van der Waals surface area contributed by atoms with Gasteiger partial charge in [0.2, 0.25) is 0 Å². The van der Waals surface area contributed by atoms with Crippen molar-refractivity contribution in [3.05, 3.63) is 78.6 Å². The Kier molecular flexibility index (Phi) is 2.61. The molecule has 21 heavy (non-hydrogen) atoms. The maximum absolute atomic E-state index is 11.4. The zero-order valence-electron chi connectivity index (χ0n) is 11.4. The zero-order chi connectivity index (χ0) is 14.2. The summed E-state index contributed by atoms with van der Waals surface area (Å²) in [5.41, 5.74) is 3.94. The summed E-state index contributed by atoms with van der Waals surface area (Å²) in [6, 6.07) is 22.5. The summed E-state index contributed by atoms with van der Waals surface area (Å²) in [5.74, 6) is 0. The predicted octanol–water partition coefficient (Wildman–Crippen LogP) is 4.57. The third kappa shape index (κ3) is 1.84. The van der Waals surface area contributed by atoms with Gasteiger partial charge in [-0.2, -0.15) is 0 Å². The highest BCUT2D eigenvalue weighted by atomic mass is 16.1. The fraction of sp³-hybridized carbons (Fsp3) is 0. The number of aldehydes is 1. The molecule has 0 bridgehead atoms. The molecule has 4 rings (SSSR count). The lowest BCUT2D eigenvalue weighted by Crippen LogP contribution is -1.90. The summed E-state index contributed by atoms with van der Waals surface area (Å²) in [5, 5.41) is 2.31. The molecule has 2 heterocycles. The van der Waals surface area contributed by atoms with Gasteiger partial charge in [-0.1, -0.05) is 54.6 Å². The maximum Gasteiger partial charge on any atom is 0.166 e. The number of pyridine rings is 1. The SMILES string of the molecule is O=Cc1cc(-c2ccccc2)c2cc3ccccc3cn12. The Morgan fingerprint density at radius 3 is 2.29 bits per heavy atom. The first-order chi connectivity index (χ1) is 10.4. The minimum absolute atomic E-state index is 0.676. The van der Waals surface area contributed by atoms with E-state index < -0.39 is 0 Å². The summed E-state index contributed by atoms with van der Waals surface area (Å²) in [6.07, 6.45) is 2.94. The van der Waals surface area contributed by atoms with Gasteiger partial charge in [0.25, 0.3) is 0 Å². The molecular formula is C19H13NO. The summed E-state index contributed by atoms with van der Waals surface area (Å²) in [6.45, 7) is 0. The molecule has 100 valence electrons. The van der Waals surface area contributed by atoms with E-state index in [1.54, 1.807) is 0 Å². The largest absolute Gasteiger partial charge is 0.313 e. The first-order valence-electron chi connectivity index (χ1n) is 6.91. The van der Waals surface area contributed by atoms with Crippen molar-refractivity contribution in [3.8, 4) is 11.1 Å². The second-order valence-corrected chi connectivity index (χ2v) is 5.12. The van der Waals surface area contributed by atoms with E-state index in [2.05, 4.69) is 30.3 Å². The van der Waals surface area contributed by atoms with E-state index >= 15 is 0 Å². The van der Waals surface area contributed by atoms with Gasteiger partial charge in [0.15, 0.2) is 6.29 Å². The van der Waals surface area contributed by atoms with Crippen LogP contribution < -0.4 is 0 Å². The normalized spacial score (nSPS) is 11.0. The third-order valence-corrected chi connectivity index (χ3v) is 3.87. The first-order valence-corrected chi connectivity index (χ1v) is 6.91. The Labute approximate surface area is 122 Å². The van der Waals surface area contributed by atoms with Crippen molar-refractivity contribution in [2.75, 3.05) is 0 Å². The van der Waals surface area contributed by atoms with Crippen molar-refractivity contribution in [1.82, 2.24) is 4.40 Å². The van der Waals surface area contributed by atoms with Crippen molar-refractivity contribution in [1.29, 1.82) is 0 Å². The first kappa shape index (κ1) is 11.9. The summed E-state index contributed by atoms with van der Waals surface area (Å²) in [7, 11) is 0. The number of fused-ring (bicyclic) bond motifs is 2. The average molecular weight is 271 g/mol. The molecule has 0 N–H and O–H groups in total. The highest BCUT2D eigenvalue weighted by Crippen LogP contribution is 2.30. The van der Waals surface area contributed by atoms with E-state index in [1.165, 1.54) is 5.39 Å². The molecule has 0 saturated heterocycles. The highest BCUT2D eigenvalue weighted by molar-refractivity contribution is 5.95. The number of hydrogen-bond donors (Lipinski definition) is 0. The van der Waals surface area contributed by atoms with Gasteiger partial charge in [-0.25, -0.2) is 0 Å². The van der Waals surface area contributed by atoms with Gasteiger partial charge < -0.3 is 4.40 Å². The lowest BCUT2D eigenvalue weighted by molar-refractivity contribution is 0.111. The van der Waals surface area contributed by atoms with Crippen LogP contribution in [0.15, 0.2) is 72.9 Å². The lowest BCUT2D eigenvalue weighted by atomic mass is 10.1. The van der Waals surface area contributed by atoms with Gasteiger partial charge in [-0.3, -0.25) is 4.79 Å². The zero-order valence-corrected chi connectivity index (χ0v) is 11.4. The van der Waals surface area contributed by atoms with Crippen molar-refractivity contribution < 1.29 is 4.79 Å². The van der Waals surface area contributed by atoms with E-state index in [0.29, 0.717) is 5.69 Å². The van der Waals surface area contributed by atoms with Crippen LogP contribution in [0.1, 0.15) is 10.5 Å². The second kappa shape index (κ2) is 4.60. The Bertz CT molecular complexity index is 951. The van der Waals surface area contributed by atoms with Gasteiger partial charge in [-0.05, 0) is 28.5 Å². The predicted molar refractivity (Wildman–Crippen MR) is 85.7 cm³/mol. The van der Waals surface area contributed by atoms with E-state index in [9.17, 15) is 4.79 Å². The molecule has 4 aromatic rings. The molecular weight excluding hydrogens is 258 g/mol. The van der Waals surface area contributed by atoms with E-state index in [4.69, 9.17) is 0 Å². The van der Waals surface area contributed by atoms with E-state index in [1.807, 2.05) is 47.0 Å².